The third-order valence-electron chi connectivity index (χ3n) is 3.93. The highest BCUT2D eigenvalue weighted by molar-refractivity contribution is 6.46. The molecule has 98 valence electrons. The van der Waals surface area contributed by atoms with Gasteiger partial charge >= 0.3 is 0 Å². The molecule has 0 amide bonds. The van der Waals surface area contributed by atoms with E-state index in [0.717, 1.165) is 12.2 Å². The maximum atomic E-state index is 12.1. The van der Waals surface area contributed by atoms with Crippen LogP contribution in [0.15, 0.2) is 16.9 Å². The molecule has 18 heavy (non-hydrogen) atoms. The van der Waals surface area contributed by atoms with Crippen LogP contribution >= 0.6 is 0 Å². The Morgan fingerprint density at radius 1 is 1.67 bits per heavy atom. The number of nitrogens with one attached hydrogen (secondary N) is 1. The first-order valence-corrected chi connectivity index (χ1v) is 6.10. The van der Waals surface area contributed by atoms with Crippen LogP contribution in [0.4, 0.5) is 0 Å². The monoisotopic (exact) mass is 251 g/mol. The number of morpholine rings is 1. The first-order chi connectivity index (χ1) is 8.60. The molecule has 6 heteroatoms. The Morgan fingerprint density at radius 2 is 2.44 bits per heavy atom. The average molecular weight is 251 g/mol. The minimum Gasteiger partial charge on any atom is -0.371 e. The fourth-order valence-corrected chi connectivity index (χ4v) is 3.01. The van der Waals surface area contributed by atoms with Gasteiger partial charge in [0.1, 0.15) is 5.71 Å². The van der Waals surface area contributed by atoms with Crippen LogP contribution < -0.4 is 5.43 Å². The van der Waals surface area contributed by atoms with Crippen LogP contribution in [0.3, 0.4) is 0 Å². The minimum atomic E-state index is -0.886. The molecule has 2 aliphatic heterocycles. The van der Waals surface area contributed by atoms with Crippen molar-refractivity contribution < 1.29 is 14.3 Å². The zero-order chi connectivity index (χ0) is 12.9. The van der Waals surface area contributed by atoms with Gasteiger partial charge in [0.2, 0.25) is 11.6 Å². The molecule has 0 aromatic heterocycles. The number of carbonyl (C=O) groups excluding carboxylic acids is 1. The van der Waals surface area contributed by atoms with Crippen LogP contribution in [0.5, 0.6) is 0 Å². The molecule has 2 heterocycles. The molecule has 0 aromatic rings. The molecule has 1 N–H and O–H groups in total. The molecule has 1 saturated heterocycles. The third-order valence-corrected chi connectivity index (χ3v) is 3.93. The van der Waals surface area contributed by atoms with Crippen LogP contribution in [0.1, 0.15) is 6.92 Å². The van der Waals surface area contributed by atoms with Gasteiger partial charge in [-0.1, -0.05) is 0 Å². The van der Waals surface area contributed by atoms with Gasteiger partial charge in [-0.05, 0) is 6.92 Å². The number of ether oxygens (including phenoxy) is 2. The Balaban J connectivity index is 2.15. The van der Waals surface area contributed by atoms with Gasteiger partial charge in [-0.25, -0.2) is 0 Å². The Labute approximate surface area is 106 Å². The summed E-state index contributed by atoms with van der Waals surface area (Å²) in [6, 6.07) is 0.0131. The molecule has 0 bridgehead atoms. The van der Waals surface area contributed by atoms with Crippen LogP contribution in [-0.2, 0) is 14.3 Å². The molecule has 0 saturated carbocycles. The van der Waals surface area contributed by atoms with Gasteiger partial charge in [0.05, 0.1) is 24.3 Å². The molecule has 0 unspecified atom stereocenters. The first-order valence-electron chi connectivity index (χ1n) is 6.10. The zero-order valence-corrected chi connectivity index (χ0v) is 10.8. The Kier molecular flexibility index (Phi) is 2.46. The number of carbonyl (C=O) groups is 1. The third kappa shape index (κ3) is 1.30. The summed E-state index contributed by atoms with van der Waals surface area (Å²) < 4.78 is 11.6. The van der Waals surface area contributed by atoms with Gasteiger partial charge < -0.3 is 19.8 Å². The number of ketones is 1. The quantitative estimate of drug-likeness (QED) is 0.694. The van der Waals surface area contributed by atoms with Crippen molar-refractivity contribution in [3.63, 3.8) is 0 Å². The number of rotatable bonds is 1. The summed E-state index contributed by atoms with van der Waals surface area (Å²) in [4.78, 5) is 14.1. The second-order valence-electron chi connectivity index (χ2n) is 4.93. The predicted octanol–water partition coefficient (Wildman–Crippen LogP) is -0.278. The number of likely N-dealkylation sites (N-methyl/N-ethyl adjacent to an activating group) is 1. The van der Waals surface area contributed by atoms with E-state index < -0.39 is 5.79 Å². The Bertz CT molecular complexity index is 459. The van der Waals surface area contributed by atoms with E-state index >= 15 is 0 Å². The van der Waals surface area contributed by atoms with E-state index in [1.807, 2.05) is 18.9 Å². The first kappa shape index (κ1) is 11.7. The van der Waals surface area contributed by atoms with E-state index in [1.54, 1.807) is 13.2 Å². The lowest BCUT2D eigenvalue weighted by atomic mass is 9.79. The minimum absolute atomic E-state index is 0.0131. The van der Waals surface area contributed by atoms with Crippen molar-refractivity contribution in [1.29, 1.82) is 0 Å². The number of hydrogen-bond acceptors (Lipinski definition) is 6. The SMILES string of the molecule is CO[C@@]12OCCN(C)C1=CC(=O)C1=NN[C@H](C)[C@@H]12. The highest BCUT2D eigenvalue weighted by Crippen LogP contribution is 2.42. The highest BCUT2D eigenvalue weighted by atomic mass is 16.7. The van der Waals surface area contributed by atoms with E-state index in [9.17, 15) is 4.79 Å². The van der Waals surface area contributed by atoms with Crippen LogP contribution in [-0.4, -0.2) is 55.5 Å². The normalized spacial score (nSPS) is 38.6. The van der Waals surface area contributed by atoms with Crippen LogP contribution in [0, 0.1) is 5.92 Å². The van der Waals surface area contributed by atoms with E-state index in [4.69, 9.17) is 9.47 Å². The summed E-state index contributed by atoms with van der Waals surface area (Å²) in [5.41, 5.74) is 4.25. The lowest BCUT2D eigenvalue weighted by Crippen LogP contribution is -2.61. The number of methoxy groups -OCH3 is 1. The van der Waals surface area contributed by atoms with Gasteiger partial charge in [-0.3, -0.25) is 4.79 Å². The second-order valence-corrected chi connectivity index (χ2v) is 4.93. The number of nitrogens with zero attached hydrogens (tertiary/aromatic N) is 2. The van der Waals surface area contributed by atoms with Crippen LogP contribution in [0.25, 0.3) is 0 Å². The molecule has 0 aromatic carbocycles. The predicted molar refractivity (Wildman–Crippen MR) is 64.9 cm³/mol. The van der Waals surface area contributed by atoms with Crippen molar-refractivity contribution in [3.8, 4) is 0 Å². The summed E-state index contributed by atoms with van der Waals surface area (Å²) in [6.07, 6.45) is 1.58. The molecule has 6 nitrogen and oxygen atoms in total. The van der Waals surface area contributed by atoms with Gasteiger partial charge in [0, 0.05) is 26.8 Å². The lowest BCUT2D eigenvalue weighted by Gasteiger charge is -2.48. The summed E-state index contributed by atoms with van der Waals surface area (Å²) in [7, 11) is 3.57. The molecular formula is C12H17N3O3. The van der Waals surface area contributed by atoms with Crippen molar-refractivity contribution in [2.75, 3.05) is 27.3 Å². The largest absolute Gasteiger partial charge is 0.371 e. The zero-order valence-electron chi connectivity index (χ0n) is 10.8. The standard InChI is InChI=1S/C12H17N3O3/c1-7-10-11(14-13-7)8(16)6-9-12(10,17-3)18-5-4-15(9)2/h6-7,10,13H,4-5H2,1-3H3/t7-,10+,12-/m1/s1. The smallest absolute Gasteiger partial charge is 0.220 e. The van der Waals surface area contributed by atoms with Gasteiger partial charge in [-0.2, -0.15) is 5.10 Å². The van der Waals surface area contributed by atoms with Crippen molar-refractivity contribution in [3.05, 3.63) is 11.8 Å². The maximum absolute atomic E-state index is 12.1. The molecule has 3 atom stereocenters. The van der Waals surface area contributed by atoms with Crippen molar-refractivity contribution in [2.45, 2.75) is 18.8 Å². The highest BCUT2D eigenvalue weighted by Gasteiger charge is 2.57. The van der Waals surface area contributed by atoms with E-state index in [2.05, 4.69) is 10.5 Å². The van der Waals surface area contributed by atoms with Crippen molar-refractivity contribution >= 4 is 11.5 Å². The van der Waals surface area contributed by atoms with Crippen molar-refractivity contribution in [1.82, 2.24) is 10.3 Å². The summed E-state index contributed by atoms with van der Waals surface area (Å²) >= 11 is 0. The number of fused-ring (bicyclic) bond motifs is 3. The van der Waals surface area contributed by atoms with E-state index in [-0.39, 0.29) is 17.7 Å². The lowest BCUT2D eigenvalue weighted by molar-refractivity contribution is -0.245. The van der Waals surface area contributed by atoms with Crippen molar-refractivity contribution in [2.24, 2.45) is 11.0 Å². The maximum Gasteiger partial charge on any atom is 0.220 e. The number of allylic oxidation sites excluding steroid dienone is 1. The Morgan fingerprint density at radius 3 is 3.17 bits per heavy atom. The molecule has 1 aliphatic carbocycles. The van der Waals surface area contributed by atoms with E-state index in [1.165, 1.54) is 0 Å². The molecule has 1 fully saturated rings. The molecule has 0 spiro atoms. The summed E-state index contributed by atoms with van der Waals surface area (Å²) in [5, 5.41) is 4.12. The van der Waals surface area contributed by atoms with Gasteiger partial charge in [0.25, 0.3) is 0 Å². The fraction of sp³-hybridized carbons (Fsp3) is 0.667. The molecular weight excluding hydrogens is 234 g/mol. The molecule has 3 aliphatic rings. The van der Waals surface area contributed by atoms with Gasteiger partial charge in [-0.15, -0.1) is 0 Å². The number of hydrazone groups is 1. The topological polar surface area (TPSA) is 63.2 Å². The second kappa shape index (κ2) is 3.80. The van der Waals surface area contributed by atoms with E-state index in [0.29, 0.717) is 12.3 Å². The average Bonchev–Trinajstić information content (AvgIpc) is 2.75. The molecule has 0 radical (unpaired) electrons. The summed E-state index contributed by atoms with van der Waals surface area (Å²) in [5.74, 6) is -1.14. The van der Waals surface area contributed by atoms with Gasteiger partial charge in [0.15, 0.2) is 0 Å². The number of hydrogen-bond donors (Lipinski definition) is 1. The Hall–Kier alpha value is -1.40. The molecule has 3 rings (SSSR count). The fourth-order valence-electron chi connectivity index (χ4n) is 3.01. The summed E-state index contributed by atoms with van der Waals surface area (Å²) in [6.45, 7) is 3.31. The van der Waals surface area contributed by atoms with Crippen LogP contribution in [0.2, 0.25) is 0 Å².